The third-order valence-electron chi connectivity index (χ3n) is 7.73. The van der Waals surface area contributed by atoms with Crippen LogP contribution in [0.25, 0.3) is 0 Å². The van der Waals surface area contributed by atoms with Gasteiger partial charge in [0.05, 0.1) is 0 Å². The van der Waals surface area contributed by atoms with Crippen molar-refractivity contribution >= 4 is 45.9 Å². The Morgan fingerprint density at radius 3 is 0.561 bits per heavy atom. The molecule has 6 aromatic rings. The molecule has 0 atom stereocenters. The third kappa shape index (κ3) is 4.18. The van der Waals surface area contributed by atoms with Crippen LogP contribution in [0.5, 0.6) is 0 Å². The molecular formula is C36H32O3P2. The molecule has 6 aromatic carbocycles. The average Bonchev–Trinajstić information content (AvgIpc) is 3.07. The Morgan fingerprint density at radius 1 is 0.268 bits per heavy atom. The summed E-state index contributed by atoms with van der Waals surface area (Å²) in [7, 11) is -9.82. The molecule has 0 aliphatic carbocycles. The summed E-state index contributed by atoms with van der Waals surface area (Å²) in [5.41, 5.74) is 0. The van der Waals surface area contributed by atoms with Gasteiger partial charge in [0, 0.05) is 0 Å². The van der Waals surface area contributed by atoms with Gasteiger partial charge in [0.2, 0.25) is 0 Å². The Morgan fingerprint density at radius 2 is 0.415 bits per heavy atom. The van der Waals surface area contributed by atoms with Crippen LogP contribution in [0.1, 0.15) is 0 Å². The molecule has 0 amide bonds. The molecular weight excluding hydrogens is 542 g/mol. The van der Waals surface area contributed by atoms with Gasteiger partial charge in [-0.15, -0.1) is 0 Å². The van der Waals surface area contributed by atoms with Gasteiger partial charge in [-0.05, 0) is 0 Å². The summed E-state index contributed by atoms with van der Waals surface area (Å²) >= 11 is 0. The molecule has 204 valence electrons. The van der Waals surface area contributed by atoms with E-state index in [0.29, 0.717) is 31.8 Å². The van der Waals surface area contributed by atoms with Crippen LogP contribution in [-0.4, -0.2) is 9.79 Å². The van der Waals surface area contributed by atoms with E-state index in [1.165, 1.54) is 0 Å². The second kappa shape index (κ2) is 10.5. The molecule has 0 aliphatic rings. The van der Waals surface area contributed by atoms with Gasteiger partial charge in [0.25, 0.3) is 0 Å². The van der Waals surface area contributed by atoms with Crippen LogP contribution in [-0.2, 0) is 4.31 Å². The number of benzene rings is 6. The summed E-state index contributed by atoms with van der Waals surface area (Å²) in [6, 6.07) is 57.2. The van der Waals surface area contributed by atoms with Crippen molar-refractivity contribution in [3.63, 3.8) is 0 Å². The van der Waals surface area contributed by atoms with Crippen molar-refractivity contribution in [2.24, 2.45) is 0 Å². The first-order chi connectivity index (χ1) is 20.0. The fraction of sp³-hybridized carbons (Fsp3) is 0. The van der Waals surface area contributed by atoms with Crippen LogP contribution in [0.3, 0.4) is 0 Å². The van der Waals surface area contributed by atoms with E-state index in [-0.39, 0.29) is 0 Å². The summed E-state index contributed by atoms with van der Waals surface area (Å²) in [6.45, 7) is 0. The van der Waals surface area contributed by atoms with E-state index in [0.717, 1.165) is 0 Å². The van der Waals surface area contributed by atoms with Crippen molar-refractivity contribution in [3.8, 4) is 0 Å². The molecule has 6 rings (SSSR count). The first-order valence-electron chi connectivity index (χ1n) is 13.6. The second-order valence-electron chi connectivity index (χ2n) is 10.1. The molecule has 0 aromatic heterocycles. The van der Waals surface area contributed by atoms with Crippen molar-refractivity contribution in [3.05, 3.63) is 182 Å². The SMILES string of the molecule is OP(OP(O)(c1ccccc1)(c1ccccc1)c1ccccc1)(c1ccccc1)(c1ccccc1)c1ccccc1. The molecule has 0 saturated carbocycles. The average molecular weight is 575 g/mol. The van der Waals surface area contributed by atoms with E-state index >= 15 is 0 Å². The van der Waals surface area contributed by atoms with Gasteiger partial charge in [-0.25, -0.2) is 0 Å². The summed E-state index contributed by atoms with van der Waals surface area (Å²) in [5.74, 6) is 0. The van der Waals surface area contributed by atoms with Crippen LogP contribution in [0.2, 0.25) is 0 Å². The zero-order valence-electron chi connectivity index (χ0n) is 22.5. The number of rotatable bonds is 8. The van der Waals surface area contributed by atoms with Crippen LogP contribution in [0.15, 0.2) is 182 Å². The fourth-order valence-corrected chi connectivity index (χ4v) is 16.6. The van der Waals surface area contributed by atoms with Crippen molar-refractivity contribution in [1.82, 2.24) is 0 Å². The van der Waals surface area contributed by atoms with E-state index in [2.05, 4.69) is 0 Å². The molecule has 2 N–H and O–H groups in total. The molecule has 41 heavy (non-hydrogen) atoms. The summed E-state index contributed by atoms with van der Waals surface area (Å²) in [5, 5.41) is 3.59. The molecule has 0 unspecified atom stereocenters. The van der Waals surface area contributed by atoms with Crippen molar-refractivity contribution in [1.29, 1.82) is 0 Å². The Hall–Kier alpha value is -3.94. The van der Waals surface area contributed by atoms with Gasteiger partial charge in [-0.2, -0.15) is 0 Å². The van der Waals surface area contributed by atoms with Gasteiger partial charge < -0.3 is 0 Å². The summed E-state index contributed by atoms with van der Waals surface area (Å²) < 4.78 is 7.69. The number of hydrogen-bond acceptors (Lipinski definition) is 3. The van der Waals surface area contributed by atoms with Crippen LogP contribution in [0.4, 0.5) is 0 Å². The summed E-state index contributed by atoms with van der Waals surface area (Å²) in [4.78, 5) is 28.1. The fourth-order valence-electron chi connectivity index (χ4n) is 5.71. The monoisotopic (exact) mass is 574 g/mol. The Balaban J connectivity index is 1.86. The number of hydrogen-bond donors (Lipinski definition) is 2. The van der Waals surface area contributed by atoms with Gasteiger partial charge in [0.1, 0.15) is 0 Å². The minimum absolute atomic E-state index is 0.599. The maximum atomic E-state index is 14.1. The molecule has 0 spiro atoms. The quantitative estimate of drug-likeness (QED) is 0.229. The Kier molecular flexibility index (Phi) is 6.96. The molecule has 0 fully saturated rings. The van der Waals surface area contributed by atoms with Crippen molar-refractivity contribution < 1.29 is 14.1 Å². The van der Waals surface area contributed by atoms with Gasteiger partial charge in [0.15, 0.2) is 0 Å². The molecule has 0 heterocycles. The van der Waals surface area contributed by atoms with Crippen LogP contribution >= 0.6 is 14.1 Å². The first-order valence-corrected chi connectivity index (χ1v) is 17.8. The van der Waals surface area contributed by atoms with E-state index in [1.807, 2.05) is 182 Å². The molecule has 3 nitrogen and oxygen atoms in total. The standard InChI is InChI=1S/C36H32O3P2/c37-40(31-19-7-1-8-20-31,32-21-9-2-10-22-32,33-23-11-3-12-24-33)39-41(38,34-25-13-4-14-26-34,35-27-15-5-16-28-35)36-29-17-6-18-30-36/h1-30,37-38H. The van der Waals surface area contributed by atoms with E-state index in [1.54, 1.807) is 0 Å². The maximum absolute atomic E-state index is 14.1. The van der Waals surface area contributed by atoms with Gasteiger partial charge in [-0.3, -0.25) is 0 Å². The van der Waals surface area contributed by atoms with E-state index in [4.69, 9.17) is 4.31 Å². The molecule has 5 heteroatoms. The molecule has 0 radical (unpaired) electrons. The summed E-state index contributed by atoms with van der Waals surface area (Å²) in [6.07, 6.45) is 0. The van der Waals surface area contributed by atoms with Crippen molar-refractivity contribution in [2.75, 3.05) is 0 Å². The van der Waals surface area contributed by atoms with Crippen LogP contribution in [0, 0.1) is 0 Å². The topological polar surface area (TPSA) is 49.7 Å². The zero-order valence-corrected chi connectivity index (χ0v) is 24.3. The van der Waals surface area contributed by atoms with E-state index in [9.17, 15) is 9.79 Å². The zero-order chi connectivity index (χ0) is 28.3. The molecule has 0 aliphatic heterocycles. The van der Waals surface area contributed by atoms with Gasteiger partial charge >= 0.3 is 242 Å². The molecule has 0 bridgehead atoms. The normalized spacial score (nSPS) is 13.8. The second-order valence-corrected chi connectivity index (χ2v) is 17.8. The predicted molar refractivity (Wildman–Crippen MR) is 176 cm³/mol. The van der Waals surface area contributed by atoms with Crippen LogP contribution < -0.4 is 31.8 Å². The third-order valence-corrected chi connectivity index (χ3v) is 17.8. The predicted octanol–water partition coefficient (Wildman–Crippen LogP) is 5.71. The van der Waals surface area contributed by atoms with E-state index < -0.39 is 14.1 Å². The molecule has 0 saturated heterocycles. The van der Waals surface area contributed by atoms with Crippen molar-refractivity contribution in [2.45, 2.75) is 0 Å². The minimum atomic E-state index is -4.91. The van der Waals surface area contributed by atoms with Gasteiger partial charge in [-0.1, -0.05) is 0 Å². The first kappa shape index (κ1) is 27.2. The Labute approximate surface area is 241 Å². The Bertz CT molecular complexity index is 1400.